The quantitative estimate of drug-likeness (QED) is 0.587. The zero-order valence-electron chi connectivity index (χ0n) is 17.3. The summed E-state index contributed by atoms with van der Waals surface area (Å²) < 4.78 is 44.0. The molecule has 3 aromatic heterocycles. The first-order valence-electron chi connectivity index (χ1n) is 10.2. The molecule has 1 amide bonds. The molecular formula is C20H24F3N7O. The van der Waals surface area contributed by atoms with Crippen LogP contribution in [0.4, 0.5) is 18.9 Å². The number of nitrogens with one attached hydrogen (secondary N) is 1. The van der Waals surface area contributed by atoms with E-state index < -0.39 is 17.8 Å². The van der Waals surface area contributed by atoms with Crippen molar-refractivity contribution in [1.82, 2.24) is 29.3 Å². The lowest BCUT2D eigenvalue weighted by atomic mass is 10.1. The molecule has 1 N–H and O–H groups in total. The SMILES string of the molecule is CCn1cc(Cn2cc(NC(=O)C(C)Cn3nc(C(F)(F)F)cc3C3CC3)cn2)cn1. The summed E-state index contributed by atoms with van der Waals surface area (Å²) in [5.41, 5.74) is 1.16. The Hall–Kier alpha value is -3.11. The number of rotatable bonds is 8. The molecule has 3 heterocycles. The van der Waals surface area contributed by atoms with Crippen LogP contribution in [0.2, 0.25) is 0 Å². The number of aromatic nitrogens is 6. The molecule has 1 aliphatic rings. The maximum Gasteiger partial charge on any atom is 0.435 e. The third-order valence-electron chi connectivity index (χ3n) is 5.25. The van der Waals surface area contributed by atoms with Gasteiger partial charge in [-0.15, -0.1) is 0 Å². The van der Waals surface area contributed by atoms with Crippen molar-refractivity contribution in [2.45, 2.75) is 58.4 Å². The smallest absolute Gasteiger partial charge is 0.323 e. The van der Waals surface area contributed by atoms with Crippen LogP contribution >= 0.6 is 0 Å². The van der Waals surface area contributed by atoms with Crippen LogP contribution in [-0.4, -0.2) is 35.2 Å². The number of hydrogen-bond acceptors (Lipinski definition) is 4. The summed E-state index contributed by atoms with van der Waals surface area (Å²) in [5, 5.41) is 15.0. The Morgan fingerprint density at radius 2 is 1.97 bits per heavy atom. The molecule has 0 bridgehead atoms. The van der Waals surface area contributed by atoms with E-state index in [-0.39, 0.29) is 18.4 Å². The standard InChI is InChI=1S/C20H24F3N7O/c1-3-28-10-14(7-24-28)11-29-12-16(8-25-29)26-19(31)13(2)9-30-17(15-4-5-15)6-18(27-30)20(21,22)23/h6-8,10,12-13,15H,3-5,9,11H2,1-2H3,(H,26,31). The number of carbonyl (C=O) groups excluding carboxylic acids is 1. The minimum Gasteiger partial charge on any atom is -0.323 e. The van der Waals surface area contributed by atoms with Crippen molar-refractivity contribution in [3.8, 4) is 0 Å². The molecule has 1 aliphatic carbocycles. The topological polar surface area (TPSA) is 82.6 Å². The van der Waals surface area contributed by atoms with E-state index in [1.165, 1.54) is 4.68 Å². The molecule has 31 heavy (non-hydrogen) atoms. The maximum atomic E-state index is 13.1. The van der Waals surface area contributed by atoms with Gasteiger partial charge in [0, 0.05) is 36.1 Å². The third kappa shape index (κ3) is 4.97. The van der Waals surface area contributed by atoms with Crippen LogP contribution < -0.4 is 5.32 Å². The number of anilines is 1. The average molecular weight is 435 g/mol. The number of nitrogens with zero attached hydrogens (tertiary/aromatic N) is 6. The molecule has 0 saturated heterocycles. The summed E-state index contributed by atoms with van der Waals surface area (Å²) >= 11 is 0. The second-order valence-corrected chi connectivity index (χ2v) is 7.93. The van der Waals surface area contributed by atoms with Crippen molar-refractivity contribution >= 4 is 11.6 Å². The molecule has 0 spiro atoms. The highest BCUT2D eigenvalue weighted by Gasteiger charge is 2.38. The lowest BCUT2D eigenvalue weighted by Crippen LogP contribution is -2.25. The van der Waals surface area contributed by atoms with Gasteiger partial charge >= 0.3 is 6.18 Å². The van der Waals surface area contributed by atoms with Gasteiger partial charge in [-0.2, -0.15) is 28.5 Å². The van der Waals surface area contributed by atoms with Crippen molar-refractivity contribution in [1.29, 1.82) is 0 Å². The number of aryl methyl sites for hydroxylation is 1. The first-order chi connectivity index (χ1) is 14.7. The molecule has 3 aromatic rings. The predicted octanol–water partition coefficient (Wildman–Crippen LogP) is 3.52. The van der Waals surface area contributed by atoms with Gasteiger partial charge in [0.2, 0.25) is 5.91 Å². The minimum atomic E-state index is -4.50. The van der Waals surface area contributed by atoms with Gasteiger partial charge in [0.05, 0.1) is 37.1 Å². The Morgan fingerprint density at radius 3 is 2.61 bits per heavy atom. The highest BCUT2D eigenvalue weighted by Crippen LogP contribution is 2.42. The Bertz CT molecular complexity index is 1060. The average Bonchev–Trinajstić information content (AvgIpc) is 3.10. The van der Waals surface area contributed by atoms with Crippen molar-refractivity contribution in [3.63, 3.8) is 0 Å². The maximum absolute atomic E-state index is 13.1. The van der Waals surface area contributed by atoms with Crippen molar-refractivity contribution < 1.29 is 18.0 Å². The van der Waals surface area contributed by atoms with E-state index in [0.29, 0.717) is 17.9 Å². The number of hydrogen-bond donors (Lipinski definition) is 1. The van der Waals surface area contributed by atoms with E-state index in [0.717, 1.165) is 31.0 Å². The Morgan fingerprint density at radius 1 is 1.23 bits per heavy atom. The van der Waals surface area contributed by atoms with Crippen LogP contribution in [0.25, 0.3) is 0 Å². The highest BCUT2D eigenvalue weighted by atomic mass is 19.4. The Labute approximate surface area is 177 Å². The number of alkyl halides is 3. The molecule has 4 rings (SSSR count). The van der Waals surface area contributed by atoms with Crippen LogP contribution in [0.3, 0.4) is 0 Å². The van der Waals surface area contributed by atoms with Gasteiger partial charge < -0.3 is 5.32 Å². The molecule has 8 nitrogen and oxygen atoms in total. The van der Waals surface area contributed by atoms with Crippen LogP contribution in [-0.2, 0) is 30.6 Å². The molecule has 1 unspecified atom stereocenters. The van der Waals surface area contributed by atoms with Crippen LogP contribution in [0.1, 0.15) is 49.6 Å². The molecule has 0 aliphatic heterocycles. The molecule has 1 saturated carbocycles. The monoisotopic (exact) mass is 435 g/mol. The molecule has 166 valence electrons. The molecule has 1 atom stereocenters. The van der Waals surface area contributed by atoms with E-state index in [1.807, 2.05) is 17.8 Å². The highest BCUT2D eigenvalue weighted by molar-refractivity contribution is 5.91. The largest absolute Gasteiger partial charge is 0.435 e. The first-order valence-corrected chi connectivity index (χ1v) is 10.2. The molecule has 11 heteroatoms. The van der Waals surface area contributed by atoms with Crippen LogP contribution in [0.15, 0.2) is 30.9 Å². The lowest BCUT2D eigenvalue weighted by Gasteiger charge is -2.13. The van der Waals surface area contributed by atoms with Crippen LogP contribution in [0, 0.1) is 5.92 Å². The fourth-order valence-corrected chi connectivity index (χ4v) is 3.39. The predicted molar refractivity (Wildman–Crippen MR) is 106 cm³/mol. The zero-order valence-corrected chi connectivity index (χ0v) is 17.3. The van der Waals surface area contributed by atoms with E-state index >= 15 is 0 Å². The van der Waals surface area contributed by atoms with E-state index in [1.54, 1.807) is 30.2 Å². The van der Waals surface area contributed by atoms with Gasteiger partial charge in [-0.3, -0.25) is 18.8 Å². The van der Waals surface area contributed by atoms with Crippen molar-refractivity contribution in [2.75, 3.05) is 5.32 Å². The van der Waals surface area contributed by atoms with Gasteiger partial charge in [0.25, 0.3) is 0 Å². The Balaban J connectivity index is 1.38. The number of carbonyl (C=O) groups is 1. The van der Waals surface area contributed by atoms with Crippen molar-refractivity contribution in [2.24, 2.45) is 5.92 Å². The van der Waals surface area contributed by atoms with Crippen molar-refractivity contribution in [3.05, 3.63) is 47.8 Å². The zero-order chi connectivity index (χ0) is 22.2. The molecule has 1 fully saturated rings. The third-order valence-corrected chi connectivity index (χ3v) is 5.25. The summed E-state index contributed by atoms with van der Waals surface area (Å²) in [7, 11) is 0. The second-order valence-electron chi connectivity index (χ2n) is 7.93. The summed E-state index contributed by atoms with van der Waals surface area (Å²) in [6.07, 6.45) is 4.14. The normalized spacial score (nSPS) is 15.3. The fraction of sp³-hybridized carbons (Fsp3) is 0.500. The van der Waals surface area contributed by atoms with Gasteiger partial charge in [0.1, 0.15) is 0 Å². The van der Waals surface area contributed by atoms with Gasteiger partial charge in [-0.1, -0.05) is 6.92 Å². The van der Waals surface area contributed by atoms with E-state index in [2.05, 4.69) is 20.6 Å². The van der Waals surface area contributed by atoms with Gasteiger partial charge in [-0.05, 0) is 25.8 Å². The summed E-state index contributed by atoms with van der Waals surface area (Å²) in [6, 6.07) is 1.10. The first kappa shape index (κ1) is 21.1. The van der Waals surface area contributed by atoms with Gasteiger partial charge in [0.15, 0.2) is 5.69 Å². The van der Waals surface area contributed by atoms with Crippen LogP contribution in [0.5, 0.6) is 0 Å². The fourth-order valence-electron chi connectivity index (χ4n) is 3.39. The summed E-state index contributed by atoms with van der Waals surface area (Å²) in [5.74, 6) is -0.775. The Kier molecular flexibility index (Phi) is 5.59. The van der Waals surface area contributed by atoms with E-state index in [4.69, 9.17) is 0 Å². The second kappa shape index (κ2) is 8.20. The summed E-state index contributed by atoms with van der Waals surface area (Å²) in [6.45, 7) is 5.05. The lowest BCUT2D eigenvalue weighted by molar-refractivity contribution is -0.141. The number of amides is 1. The molecule has 0 aromatic carbocycles. The minimum absolute atomic E-state index is 0.0814. The van der Waals surface area contributed by atoms with Gasteiger partial charge in [-0.25, -0.2) is 0 Å². The molecule has 0 radical (unpaired) electrons. The number of halogens is 3. The van der Waals surface area contributed by atoms with E-state index in [9.17, 15) is 18.0 Å². The summed E-state index contributed by atoms with van der Waals surface area (Å²) in [4.78, 5) is 12.6. The molecular weight excluding hydrogens is 411 g/mol.